The molecule has 0 fully saturated rings. The van der Waals surface area contributed by atoms with Crippen LogP contribution in [0.25, 0.3) is 33.6 Å². The van der Waals surface area contributed by atoms with E-state index in [9.17, 15) is 0 Å². The molecule has 6 aromatic rings. The molecule has 0 spiro atoms. The molecule has 0 saturated heterocycles. The van der Waals surface area contributed by atoms with Gasteiger partial charge in [0.25, 0.3) is 0 Å². The highest BCUT2D eigenvalue weighted by molar-refractivity contribution is 6.92. The molecular weight excluding hydrogens is 455 g/mol. The summed E-state index contributed by atoms with van der Waals surface area (Å²) in [7, 11) is 1.94. The smallest absolute Gasteiger partial charge is 0.329 e. The molecule has 0 N–H and O–H groups in total. The first kappa shape index (κ1) is 20.3. The van der Waals surface area contributed by atoms with Gasteiger partial charge in [0.1, 0.15) is 7.05 Å². The van der Waals surface area contributed by atoms with Crippen molar-refractivity contribution in [2.75, 3.05) is 4.81 Å². The van der Waals surface area contributed by atoms with Gasteiger partial charge in [0.15, 0.2) is 18.1 Å². The van der Waals surface area contributed by atoms with Crippen LogP contribution in [0, 0.1) is 0 Å². The van der Waals surface area contributed by atoms with Gasteiger partial charge in [-0.3, -0.25) is 0 Å². The zero-order valence-electron chi connectivity index (χ0n) is 20.2. The molecule has 0 amide bonds. The minimum atomic E-state index is 0.00887. The van der Waals surface area contributed by atoms with Crippen LogP contribution in [0.1, 0.15) is 0 Å². The Morgan fingerprint density at radius 3 is 1.84 bits per heavy atom. The van der Waals surface area contributed by atoms with Crippen molar-refractivity contribution in [1.29, 1.82) is 0 Å². The van der Waals surface area contributed by atoms with Gasteiger partial charge in [0.2, 0.25) is 0 Å². The van der Waals surface area contributed by atoms with Gasteiger partial charge in [-0.25, -0.2) is 4.68 Å². The highest BCUT2D eigenvalue weighted by atomic mass is 15.5. The summed E-state index contributed by atoms with van der Waals surface area (Å²) in [6.07, 6.45) is 7.78. The number of rotatable bonds is 2. The summed E-state index contributed by atoms with van der Waals surface area (Å²) >= 11 is 0. The number of hydrogen-bond donors (Lipinski definition) is 0. The van der Waals surface area contributed by atoms with Crippen molar-refractivity contribution in [3.05, 3.63) is 116 Å². The first-order chi connectivity index (χ1) is 18.3. The van der Waals surface area contributed by atoms with E-state index in [1.807, 2.05) is 51.9 Å². The minimum Gasteiger partial charge on any atom is -0.376 e. The Hall–Kier alpha value is -4.91. The van der Waals surface area contributed by atoms with E-state index in [2.05, 4.69) is 100 Å². The predicted octanol–water partition coefficient (Wildman–Crippen LogP) is 3.79. The topological polar surface area (TPSA) is 42.8 Å². The van der Waals surface area contributed by atoms with Crippen molar-refractivity contribution in [3.8, 4) is 33.6 Å². The van der Waals surface area contributed by atoms with Gasteiger partial charge >= 0.3 is 6.85 Å². The molecule has 0 saturated carbocycles. The lowest BCUT2D eigenvalue weighted by Crippen LogP contribution is -2.59. The van der Waals surface area contributed by atoms with E-state index < -0.39 is 0 Å². The number of benzene rings is 4. The van der Waals surface area contributed by atoms with E-state index in [0.717, 1.165) is 11.4 Å². The molecule has 37 heavy (non-hydrogen) atoms. The second kappa shape index (κ2) is 7.55. The third-order valence-electron chi connectivity index (χ3n) is 7.52. The first-order valence-electron chi connectivity index (χ1n) is 12.4. The summed E-state index contributed by atoms with van der Waals surface area (Å²) in [6.45, 7) is 0.00887. The van der Waals surface area contributed by atoms with Crippen molar-refractivity contribution < 1.29 is 4.68 Å². The van der Waals surface area contributed by atoms with Crippen LogP contribution in [0.3, 0.4) is 0 Å². The fourth-order valence-corrected chi connectivity index (χ4v) is 5.94. The van der Waals surface area contributed by atoms with Crippen molar-refractivity contribution >= 4 is 29.1 Å². The average Bonchev–Trinajstić information content (AvgIpc) is 3.65. The fourth-order valence-electron chi connectivity index (χ4n) is 5.94. The highest BCUT2D eigenvalue weighted by Crippen LogP contribution is 2.45. The van der Waals surface area contributed by atoms with E-state index in [4.69, 9.17) is 0 Å². The van der Waals surface area contributed by atoms with E-state index in [0.29, 0.717) is 0 Å². The Morgan fingerprint density at radius 2 is 1.27 bits per heavy atom. The van der Waals surface area contributed by atoms with Gasteiger partial charge in [-0.1, -0.05) is 48.5 Å². The van der Waals surface area contributed by atoms with Crippen molar-refractivity contribution in [3.63, 3.8) is 0 Å². The van der Waals surface area contributed by atoms with Crippen molar-refractivity contribution in [2.45, 2.75) is 0 Å². The molecule has 6 nitrogen and oxygen atoms in total. The largest absolute Gasteiger partial charge is 0.376 e. The summed E-state index contributed by atoms with van der Waals surface area (Å²) in [5.41, 5.74) is 12.1. The van der Waals surface area contributed by atoms with Crippen molar-refractivity contribution in [1.82, 2.24) is 19.7 Å². The zero-order valence-corrected chi connectivity index (χ0v) is 20.2. The second-order valence-corrected chi connectivity index (χ2v) is 9.61. The molecule has 2 aromatic heterocycles. The van der Waals surface area contributed by atoms with Gasteiger partial charge in [-0.15, -0.1) is 9.36 Å². The van der Waals surface area contributed by atoms with E-state index in [1.54, 1.807) is 0 Å². The van der Waals surface area contributed by atoms with Gasteiger partial charge in [-0.2, -0.15) is 5.10 Å². The number of hydrogen-bond acceptors (Lipinski definition) is 3. The lowest BCUT2D eigenvalue weighted by molar-refractivity contribution is -0.731. The molecule has 0 unspecified atom stereocenters. The minimum absolute atomic E-state index is 0.00887. The third kappa shape index (κ3) is 2.91. The number of para-hydroxylation sites is 2. The monoisotopic (exact) mass is 477 g/mol. The molecular formula is C30H22BN6+. The van der Waals surface area contributed by atoms with Gasteiger partial charge < -0.3 is 4.81 Å². The summed E-state index contributed by atoms with van der Waals surface area (Å²) in [6, 6.07) is 32.9. The molecule has 2 aliphatic rings. The molecule has 2 aliphatic heterocycles. The predicted molar refractivity (Wildman–Crippen MR) is 146 cm³/mol. The molecule has 0 bridgehead atoms. The van der Waals surface area contributed by atoms with Crippen LogP contribution in [-0.4, -0.2) is 26.5 Å². The van der Waals surface area contributed by atoms with Gasteiger partial charge in [0.05, 0.1) is 10.9 Å². The van der Waals surface area contributed by atoms with Gasteiger partial charge in [-0.05, 0) is 64.5 Å². The first-order valence-corrected chi connectivity index (χ1v) is 12.4. The van der Waals surface area contributed by atoms with Crippen LogP contribution in [0.5, 0.6) is 0 Å². The number of anilines is 2. The molecule has 4 heterocycles. The van der Waals surface area contributed by atoms with Crippen LogP contribution in [-0.2, 0) is 7.05 Å². The summed E-state index contributed by atoms with van der Waals surface area (Å²) < 4.78 is 5.69. The van der Waals surface area contributed by atoms with Crippen molar-refractivity contribution in [2.24, 2.45) is 7.05 Å². The summed E-state index contributed by atoms with van der Waals surface area (Å²) in [4.78, 5) is 2.51. The lowest BCUT2D eigenvalue weighted by atomic mass is 9.43. The average molecular weight is 477 g/mol. The summed E-state index contributed by atoms with van der Waals surface area (Å²) in [5.74, 6) is 0. The molecule has 0 aliphatic carbocycles. The lowest BCUT2D eigenvalue weighted by Gasteiger charge is -2.43. The van der Waals surface area contributed by atoms with Crippen LogP contribution in [0.2, 0.25) is 0 Å². The SMILES string of the molecule is C[n+]1ccn(-c2ccc3c(c2)B2c4cc(-n5cccn5)ccc4-c4ccccc4N2c2ccccc2-3)n1. The van der Waals surface area contributed by atoms with Crippen LogP contribution < -0.4 is 20.4 Å². The third-order valence-corrected chi connectivity index (χ3v) is 7.52. The Labute approximate surface area is 214 Å². The normalized spacial score (nSPS) is 12.9. The van der Waals surface area contributed by atoms with Crippen LogP contribution >= 0.6 is 0 Å². The maximum absolute atomic E-state index is 4.61. The zero-order chi connectivity index (χ0) is 24.5. The number of aromatic nitrogens is 5. The molecule has 0 atom stereocenters. The summed E-state index contributed by atoms with van der Waals surface area (Å²) in [5, 5.41) is 9.12. The van der Waals surface area contributed by atoms with E-state index in [1.165, 1.54) is 44.6 Å². The van der Waals surface area contributed by atoms with E-state index in [-0.39, 0.29) is 6.85 Å². The van der Waals surface area contributed by atoms with Crippen LogP contribution in [0.15, 0.2) is 116 Å². The molecule has 0 radical (unpaired) electrons. The molecule has 8 rings (SSSR count). The molecule has 4 aromatic carbocycles. The Balaban J connectivity index is 1.45. The molecule has 7 heteroatoms. The van der Waals surface area contributed by atoms with Crippen LogP contribution in [0.4, 0.5) is 11.4 Å². The maximum atomic E-state index is 4.61. The standard InChI is InChI=1S/C30H22BN6/c1-34-17-18-36(33-34)22-12-14-24-26-8-3-5-10-30(26)37-29-9-4-2-7-25(29)23-13-11-21(35-16-6-15-32-35)19-27(23)31(37)28(24)20-22/h2-20H,1H3/q+1. The molecule has 174 valence electrons. The number of aryl methyl sites for hydroxylation is 1. The quantitative estimate of drug-likeness (QED) is 0.282. The second-order valence-electron chi connectivity index (χ2n) is 9.61. The van der Waals surface area contributed by atoms with E-state index >= 15 is 0 Å². The Bertz CT molecular complexity index is 1820. The fraction of sp³-hybridized carbons (Fsp3) is 0.0333. The van der Waals surface area contributed by atoms with Gasteiger partial charge in [0, 0.05) is 34.9 Å². The Kier molecular flexibility index (Phi) is 4.14. The maximum Gasteiger partial charge on any atom is 0.329 e. The highest BCUT2D eigenvalue weighted by Gasteiger charge is 2.42. The number of fused-ring (bicyclic) bond motifs is 11. The number of nitrogens with zero attached hydrogens (tertiary/aromatic N) is 6. The Morgan fingerprint density at radius 1 is 0.649 bits per heavy atom.